The van der Waals surface area contributed by atoms with E-state index in [2.05, 4.69) is 12.3 Å². The fraction of sp³-hybridized carbons (Fsp3) is 1.00. The molecule has 1 fully saturated rings. The van der Waals surface area contributed by atoms with E-state index in [0.29, 0.717) is 6.17 Å². The summed E-state index contributed by atoms with van der Waals surface area (Å²) in [5.41, 5.74) is 3.03. The molecule has 0 aromatic heterocycles. The van der Waals surface area contributed by atoms with Crippen molar-refractivity contribution in [2.45, 2.75) is 13.1 Å². The minimum Gasteiger partial charge on any atom is -0.236 e. The summed E-state index contributed by atoms with van der Waals surface area (Å²) in [4.78, 5) is 0. The standard InChI is InChI=1S/C3H8N2/c1-3-4-5(3)2/h3-4H,1-2H3/t3-,5-/m0/s1. The first-order chi connectivity index (χ1) is 2.30. The van der Waals surface area contributed by atoms with Crippen LogP contribution in [0, 0.1) is 0 Å². The predicted molar refractivity (Wildman–Crippen MR) is 20.4 cm³/mol. The van der Waals surface area contributed by atoms with Crippen LogP contribution in [-0.4, -0.2) is 18.2 Å². The van der Waals surface area contributed by atoms with Gasteiger partial charge in [0.25, 0.3) is 0 Å². The Labute approximate surface area is 31.7 Å². The molecule has 1 aliphatic heterocycles. The highest BCUT2D eigenvalue weighted by molar-refractivity contribution is 4.65. The van der Waals surface area contributed by atoms with Crippen LogP contribution in [0.3, 0.4) is 0 Å². The van der Waals surface area contributed by atoms with Crippen molar-refractivity contribution in [3.05, 3.63) is 0 Å². The SMILES string of the molecule is C[C@H]1N[N@@]1C. The van der Waals surface area contributed by atoms with Crippen LogP contribution >= 0.6 is 0 Å². The smallest absolute Gasteiger partial charge is 0.0832 e. The fourth-order valence-corrected chi connectivity index (χ4v) is 0.261. The third-order valence-electron chi connectivity index (χ3n) is 0.904. The quantitative estimate of drug-likeness (QED) is 0.400. The van der Waals surface area contributed by atoms with E-state index >= 15 is 0 Å². The third kappa shape index (κ3) is 0.412. The topological polar surface area (TPSA) is 25.0 Å². The summed E-state index contributed by atoms with van der Waals surface area (Å²) in [6.45, 7) is 2.11. The number of hydrazine groups is 1. The first-order valence-corrected chi connectivity index (χ1v) is 1.80. The van der Waals surface area contributed by atoms with Crippen molar-refractivity contribution in [2.75, 3.05) is 7.05 Å². The minimum absolute atomic E-state index is 0.634. The lowest BCUT2D eigenvalue weighted by Crippen LogP contribution is -1.85. The van der Waals surface area contributed by atoms with Gasteiger partial charge in [-0.25, -0.2) is 10.4 Å². The van der Waals surface area contributed by atoms with Gasteiger partial charge in [0.05, 0.1) is 6.17 Å². The summed E-state index contributed by atoms with van der Waals surface area (Å²) in [7, 11) is 2.02. The molecule has 2 heteroatoms. The molecule has 5 heavy (non-hydrogen) atoms. The van der Waals surface area contributed by atoms with Crippen molar-refractivity contribution in [1.29, 1.82) is 0 Å². The van der Waals surface area contributed by atoms with E-state index in [0.717, 1.165) is 0 Å². The van der Waals surface area contributed by atoms with Crippen molar-refractivity contribution in [3.8, 4) is 0 Å². The molecule has 0 unspecified atom stereocenters. The maximum Gasteiger partial charge on any atom is 0.0832 e. The Hall–Kier alpha value is -0.0800. The Balaban J connectivity index is 2.20. The van der Waals surface area contributed by atoms with Crippen molar-refractivity contribution in [3.63, 3.8) is 0 Å². The molecule has 2 atom stereocenters. The molecule has 0 radical (unpaired) electrons. The molecule has 30 valence electrons. The second kappa shape index (κ2) is 0.698. The van der Waals surface area contributed by atoms with Gasteiger partial charge < -0.3 is 0 Å². The van der Waals surface area contributed by atoms with Crippen LogP contribution in [0.1, 0.15) is 6.92 Å². The molecule has 0 aliphatic carbocycles. The van der Waals surface area contributed by atoms with E-state index < -0.39 is 0 Å². The van der Waals surface area contributed by atoms with E-state index in [-0.39, 0.29) is 0 Å². The lowest BCUT2D eigenvalue weighted by Gasteiger charge is -1.70. The Morgan fingerprint density at radius 1 is 1.80 bits per heavy atom. The maximum absolute atomic E-state index is 3.03. The number of rotatable bonds is 0. The van der Waals surface area contributed by atoms with Crippen LogP contribution in [0.2, 0.25) is 0 Å². The second-order valence-corrected chi connectivity index (χ2v) is 1.42. The van der Waals surface area contributed by atoms with Gasteiger partial charge in [-0.2, -0.15) is 0 Å². The summed E-state index contributed by atoms with van der Waals surface area (Å²) < 4.78 is 0. The molecule has 1 heterocycles. The van der Waals surface area contributed by atoms with E-state index in [1.807, 2.05) is 12.1 Å². The number of nitrogens with zero attached hydrogens (tertiary/aromatic N) is 1. The summed E-state index contributed by atoms with van der Waals surface area (Å²) in [6.07, 6.45) is 0.634. The number of nitrogens with one attached hydrogen (secondary N) is 1. The highest BCUT2D eigenvalue weighted by Crippen LogP contribution is 1.99. The average molecular weight is 72.1 g/mol. The van der Waals surface area contributed by atoms with Crippen LogP contribution in [0.5, 0.6) is 0 Å². The zero-order chi connectivity index (χ0) is 3.86. The number of hydrogen-bond donors (Lipinski definition) is 1. The summed E-state index contributed by atoms with van der Waals surface area (Å²) in [5.74, 6) is 0. The zero-order valence-electron chi connectivity index (χ0n) is 3.52. The zero-order valence-corrected chi connectivity index (χ0v) is 3.52. The van der Waals surface area contributed by atoms with E-state index in [1.165, 1.54) is 0 Å². The predicted octanol–water partition coefficient (Wildman–Crippen LogP) is -0.218. The van der Waals surface area contributed by atoms with Crippen molar-refractivity contribution in [1.82, 2.24) is 10.4 Å². The molecule has 1 N–H and O–H groups in total. The van der Waals surface area contributed by atoms with Gasteiger partial charge in [-0.15, -0.1) is 0 Å². The van der Waals surface area contributed by atoms with Gasteiger partial charge in [-0.3, -0.25) is 0 Å². The molecule has 2 nitrogen and oxygen atoms in total. The Morgan fingerprint density at radius 3 is 2.00 bits per heavy atom. The summed E-state index contributed by atoms with van der Waals surface area (Å²) in [6, 6.07) is 0. The van der Waals surface area contributed by atoms with Gasteiger partial charge in [0, 0.05) is 7.05 Å². The molecule has 0 aromatic rings. The minimum atomic E-state index is 0.634. The molecule has 1 rings (SSSR count). The van der Waals surface area contributed by atoms with Gasteiger partial charge in [-0.05, 0) is 6.92 Å². The van der Waals surface area contributed by atoms with Crippen LogP contribution in [0.25, 0.3) is 0 Å². The normalized spacial score (nSPS) is 49.2. The van der Waals surface area contributed by atoms with Gasteiger partial charge in [0.2, 0.25) is 0 Å². The third-order valence-corrected chi connectivity index (χ3v) is 0.904. The maximum atomic E-state index is 3.03. The van der Waals surface area contributed by atoms with Gasteiger partial charge in [-0.1, -0.05) is 0 Å². The number of hydrogen-bond acceptors (Lipinski definition) is 2. The lowest BCUT2D eigenvalue weighted by atomic mass is 10.7. The Kier molecular flexibility index (Phi) is 0.436. The fourth-order valence-electron chi connectivity index (χ4n) is 0.261. The molecule has 0 bridgehead atoms. The molecule has 0 saturated carbocycles. The van der Waals surface area contributed by atoms with Crippen LogP contribution < -0.4 is 5.43 Å². The molecule has 1 saturated heterocycles. The molecule has 0 amide bonds. The molecule has 1 aliphatic rings. The Bertz CT molecular complexity index is 38.2. The molecule has 0 spiro atoms. The van der Waals surface area contributed by atoms with E-state index in [9.17, 15) is 0 Å². The van der Waals surface area contributed by atoms with E-state index in [1.54, 1.807) is 0 Å². The van der Waals surface area contributed by atoms with Crippen molar-refractivity contribution >= 4 is 0 Å². The Morgan fingerprint density at radius 2 is 2.00 bits per heavy atom. The van der Waals surface area contributed by atoms with Crippen molar-refractivity contribution < 1.29 is 0 Å². The second-order valence-electron chi connectivity index (χ2n) is 1.42. The average Bonchev–Trinajstić information content (AvgIpc) is 1.79. The van der Waals surface area contributed by atoms with Gasteiger partial charge in [0.1, 0.15) is 0 Å². The van der Waals surface area contributed by atoms with Crippen LogP contribution in [-0.2, 0) is 0 Å². The first-order valence-electron chi connectivity index (χ1n) is 1.80. The molecule has 0 aromatic carbocycles. The molecular weight excluding hydrogens is 64.0 g/mol. The van der Waals surface area contributed by atoms with Crippen LogP contribution in [0.4, 0.5) is 0 Å². The molecular formula is C3H8N2. The monoisotopic (exact) mass is 72.1 g/mol. The van der Waals surface area contributed by atoms with Gasteiger partial charge in [0.15, 0.2) is 0 Å². The summed E-state index contributed by atoms with van der Waals surface area (Å²) >= 11 is 0. The largest absolute Gasteiger partial charge is 0.236 e. The first kappa shape index (κ1) is 3.12. The lowest BCUT2D eigenvalue weighted by molar-refractivity contribution is 0.602. The highest BCUT2D eigenvalue weighted by Gasteiger charge is 2.21. The highest BCUT2D eigenvalue weighted by atomic mass is 15.7. The summed E-state index contributed by atoms with van der Waals surface area (Å²) in [5, 5.41) is 2.04. The van der Waals surface area contributed by atoms with E-state index in [4.69, 9.17) is 0 Å². The van der Waals surface area contributed by atoms with Gasteiger partial charge >= 0.3 is 0 Å². The van der Waals surface area contributed by atoms with Crippen LogP contribution in [0.15, 0.2) is 0 Å². The van der Waals surface area contributed by atoms with Crippen molar-refractivity contribution in [2.24, 2.45) is 0 Å².